The molecule has 3 nitrogen and oxygen atoms in total. The number of methoxy groups -OCH3 is 1. The summed E-state index contributed by atoms with van der Waals surface area (Å²) in [6, 6.07) is 15.9. The molecule has 0 saturated carbocycles. The van der Waals surface area contributed by atoms with Crippen molar-refractivity contribution in [2.75, 3.05) is 12.4 Å². The molecule has 1 atom stereocenters. The summed E-state index contributed by atoms with van der Waals surface area (Å²) < 4.78 is 5.95. The molecule has 0 radical (unpaired) electrons. The van der Waals surface area contributed by atoms with Gasteiger partial charge in [-0.1, -0.05) is 12.1 Å². The third-order valence-electron chi connectivity index (χ3n) is 3.09. The van der Waals surface area contributed by atoms with Crippen molar-refractivity contribution in [1.29, 1.82) is 5.26 Å². The molecule has 20 heavy (non-hydrogen) atoms. The van der Waals surface area contributed by atoms with E-state index >= 15 is 0 Å². The van der Waals surface area contributed by atoms with Crippen LogP contribution >= 0.6 is 15.9 Å². The third kappa shape index (κ3) is 3.31. The molecule has 0 saturated heterocycles. The van der Waals surface area contributed by atoms with Gasteiger partial charge in [-0.3, -0.25) is 0 Å². The summed E-state index contributed by atoms with van der Waals surface area (Å²) in [5.74, 6) is 0.849. The van der Waals surface area contributed by atoms with E-state index in [0.717, 1.165) is 15.9 Å². The molecule has 0 aliphatic heterocycles. The van der Waals surface area contributed by atoms with Crippen LogP contribution in [0.25, 0.3) is 0 Å². The lowest BCUT2D eigenvalue weighted by Gasteiger charge is -2.16. The number of benzene rings is 2. The molecule has 1 unspecified atom stereocenters. The van der Waals surface area contributed by atoms with Crippen molar-refractivity contribution < 1.29 is 4.74 Å². The van der Waals surface area contributed by atoms with E-state index in [1.165, 1.54) is 5.56 Å². The van der Waals surface area contributed by atoms with Crippen molar-refractivity contribution in [1.82, 2.24) is 0 Å². The average Bonchev–Trinajstić information content (AvgIpc) is 2.47. The van der Waals surface area contributed by atoms with Crippen LogP contribution in [0.4, 0.5) is 5.69 Å². The van der Waals surface area contributed by atoms with Crippen LogP contribution in [0.5, 0.6) is 5.75 Å². The largest absolute Gasteiger partial charge is 0.497 e. The summed E-state index contributed by atoms with van der Waals surface area (Å²) in [4.78, 5) is 0. The van der Waals surface area contributed by atoms with Crippen LogP contribution in [0.2, 0.25) is 0 Å². The molecule has 2 rings (SSSR count). The van der Waals surface area contributed by atoms with E-state index in [1.54, 1.807) is 13.2 Å². The Morgan fingerprint density at radius 1 is 1.20 bits per heavy atom. The molecule has 0 spiro atoms. The summed E-state index contributed by atoms with van der Waals surface area (Å²) in [6.07, 6.45) is 0. The van der Waals surface area contributed by atoms with Crippen molar-refractivity contribution in [3.63, 3.8) is 0 Å². The van der Waals surface area contributed by atoms with Crippen LogP contribution in [-0.2, 0) is 0 Å². The Labute approximate surface area is 127 Å². The SMILES string of the molecule is COc1ccc(C(C)Nc2ccc(C#N)c(Br)c2)cc1. The van der Waals surface area contributed by atoms with E-state index in [9.17, 15) is 0 Å². The Morgan fingerprint density at radius 3 is 2.45 bits per heavy atom. The fourth-order valence-corrected chi connectivity index (χ4v) is 2.39. The van der Waals surface area contributed by atoms with Gasteiger partial charge in [0, 0.05) is 16.2 Å². The van der Waals surface area contributed by atoms with Gasteiger partial charge in [0.15, 0.2) is 0 Å². The van der Waals surface area contributed by atoms with Gasteiger partial charge < -0.3 is 10.1 Å². The zero-order valence-corrected chi connectivity index (χ0v) is 12.9. The second-order valence-corrected chi connectivity index (χ2v) is 5.30. The van der Waals surface area contributed by atoms with Gasteiger partial charge in [0.1, 0.15) is 11.8 Å². The Morgan fingerprint density at radius 2 is 1.90 bits per heavy atom. The highest BCUT2D eigenvalue weighted by atomic mass is 79.9. The van der Waals surface area contributed by atoms with Crippen molar-refractivity contribution in [2.45, 2.75) is 13.0 Å². The zero-order chi connectivity index (χ0) is 14.5. The van der Waals surface area contributed by atoms with Crippen LogP contribution in [0.3, 0.4) is 0 Å². The first kappa shape index (κ1) is 14.4. The molecule has 0 amide bonds. The molecule has 0 fully saturated rings. The maximum Gasteiger partial charge on any atom is 0.118 e. The van der Waals surface area contributed by atoms with Crippen LogP contribution < -0.4 is 10.1 Å². The number of rotatable bonds is 4. The van der Waals surface area contributed by atoms with E-state index in [2.05, 4.69) is 34.2 Å². The smallest absolute Gasteiger partial charge is 0.118 e. The molecular weight excluding hydrogens is 316 g/mol. The summed E-state index contributed by atoms with van der Waals surface area (Å²) in [5, 5.41) is 12.3. The zero-order valence-electron chi connectivity index (χ0n) is 11.4. The van der Waals surface area contributed by atoms with Crippen molar-refractivity contribution in [3.8, 4) is 11.8 Å². The minimum Gasteiger partial charge on any atom is -0.497 e. The maximum atomic E-state index is 8.91. The Hall–Kier alpha value is -1.99. The fourth-order valence-electron chi connectivity index (χ4n) is 1.92. The van der Waals surface area contributed by atoms with E-state index in [1.807, 2.05) is 36.4 Å². The van der Waals surface area contributed by atoms with Crippen molar-refractivity contribution in [2.24, 2.45) is 0 Å². The molecule has 0 aliphatic carbocycles. The number of anilines is 1. The molecule has 0 aromatic heterocycles. The van der Waals surface area contributed by atoms with Gasteiger partial charge in [-0.15, -0.1) is 0 Å². The monoisotopic (exact) mass is 330 g/mol. The summed E-state index contributed by atoms with van der Waals surface area (Å²) in [7, 11) is 1.66. The normalized spacial score (nSPS) is 11.5. The van der Waals surface area contributed by atoms with Crippen LogP contribution in [0, 0.1) is 11.3 Å². The summed E-state index contributed by atoms with van der Waals surface area (Å²) in [5.41, 5.74) is 2.78. The molecule has 102 valence electrons. The molecule has 0 heterocycles. The standard InChI is InChI=1S/C16H15BrN2O/c1-11(12-4-7-15(20-2)8-5-12)19-14-6-3-13(10-18)16(17)9-14/h3-9,11,19H,1-2H3. The number of hydrogen-bond donors (Lipinski definition) is 1. The molecule has 4 heteroatoms. The molecule has 0 aliphatic rings. The van der Waals surface area contributed by atoms with Crippen LogP contribution in [0.15, 0.2) is 46.9 Å². The topological polar surface area (TPSA) is 45.0 Å². The first-order valence-corrected chi connectivity index (χ1v) is 7.03. The summed E-state index contributed by atoms with van der Waals surface area (Å²) >= 11 is 3.39. The lowest BCUT2D eigenvalue weighted by atomic mass is 10.1. The predicted molar refractivity (Wildman–Crippen MR) is 83.9 cm³/mol. The molecule has 2 aromatic rings. The van der Waals surface area contributed by atoms with E-state index in [0.29, 0.717) is 5.56 Å². The minimum absolute atomic E-state index is 0.167. The van der Waals surface area contributed by atoms with Gasteiger partial charge >= 0.3 is 0 Å². The Balaban J connectivity index is 2.12. The predicted octanol–water partition coefficient (Wildman–Crippen LogP) is 4.50. The highest BCUT2D eigenvalue weighted by molar-refractivity contribution is 9.10. The number of nitrogens with zero attached hydrogens (tertiary/aromatic N) is 1. The van der Waals surface area contributed by atoms with Gasteiger partial charge in [0.25, 0.3) is 0 Å². The van der Waals surface area contributed by atoms with Gasteiger partial charge in [0.05, 0.1) is 12.7 Å². The highest BCUT2D eigenvalue weighted by Crippen LogP contribution is 2.25. The maximum absolute atomic E-state index is 8.91. The van der Waals surface area contributed by atoms with Crippen LogP contribution in [0.1, 0.15) is 24.1 Å². The second kappa shape index (κ2) is 6.44. The summed E-state index contributed by atoms with van der Waals surface area (Å²) in [6.45, 7) is 2.09. The number of hydrogen-bond acceptors (Lipinski definition) is 3. The average molecular weight is 331 g/mol. The van der Waals surface area contributed by atoms with E-state index in [-0.39, 0.29) is 6.04 Å². The van der Waals surface area contributed by atoms with E-state index in [4.69, 9.17) is 10.00 Å². The molecule has 1 N–H and O–H groups in total. The first-order chi connectivity index (χ1) is 9.63. The van der Waals surface area contributed by atoms with Gasteiger partial charge in [0.2, 0.25) is 0 Å². The lowest BCUT2D eigenvalue weighted by Crippen LogP contribution is -2.06. The number of ether oxygens (including phenoxy) is 1. The first-order valence-electron chi connectivity index (χ1n) is 6.24. The molecule has 2 aromatic carbocycles. The van der Waals surface area contributed by atoms with Gasteiger partial charge in [-0.05, 0) is 58.7 Å². The molecular formula is C16H15BrN2O. The number of halogens is 1. The molecule has 0 bridgehead atoms. The van der Waals surface area contributed by atoms with Crippen molar-refractivity contribution >= 4 is 21.6 Å². The highest BCUT2D eigenvalue weighted by Gasteiger charge is 2.07. The Bertz CT molecular complexity index is 632. The van der Waals surface area contributed by atoms with Crippen LogP contribution in [-0.4, -0.2) is 7.11 Å². The number of nitriles is 1. The Kier molecular flexibility index (Phi) is 4.65. The minimum atomic E-state index is 0.167. The fraction of sp³-hybridized carbons (Fsp3) is 0.188. The van der Waals surface area contributed by atoms with Crippen molar-refractivity contribution in [3.05, 3.63) is 58.1 Å². The second-order valence-electron chi connectivity index (χ2n) is 4.45. The quantitative estimate of drug-likeness (QED) is 0.897. The number of nitrogens with one attached hydrogen (secondary N) is 1. The van der Waals surface area contributed by atoms with Gasteiger partial charge in [-0.2, -0.15) is 5.26 Å². The third-order valence-corrected chi connectivity index (χ3v) is 3.74. The van der Waals surface area contributed by atoms with E-state index < -0.39 is 0 Å². The van der Waals surface area contributed by atoms with Gasteiger partial charge in [-0.25, -0.2) is 0 Å². The lowest BCUT2D eigenvalue weighted by molar-refractivity contribution is 0.414.